The Kier molecular flexibility index (Phi) is 9.02. The van der Waals surface area contributed by atoms with Crippen LogP contribution in [-0.4, -0.2) is 6.71 Å². The molecule has 156 valence electrons. The fourth-order valence-electron chi connectivity index (χ4n) is 6.79. The molecule has 0 spiro atoms. The number of allylic oxidation sites excluding steroid dienone is 1. The van der Waals surface area contributed by atoms with Gasteiger partial charge >= 0.3 is 0 Å². The van der Waals surface area contributed by atoms with Crippen LogP contribution >= 0.6 is 0 Å². The van der Waals surface area contributed by atoms with E-state index in [1.54, 1.807) is 5.47 Å². The quantitative estimate of drug-likeness (QED) is 0.375. The highest BCUT2D eigenvalue weighted by Gasteiger charge is 2.37. The molecule has 6 atom stereocenters. The van der Waals surface area contributed by atoms with E-state index < -0.39 is 0 Å². The molecule has 0 aromatic rings. The molecule has 0 aromatic heterocycles. The monoisotopic (exact) mass is 372 g/mol. The van der Waals surface area contributed by atoms with Crippen LogP contribution in [0.2, 0.25) is 12.6 Å². The molecule has 27 heavy (non-hydrogen) atoms. The summed E-state index contributed by atoms with van der Waals surface area (Å²) >= 11 is 0. The lowest BCUT2D eigenvalue weighted by Crippen LogP contribution is -2.35. The van der Waals surface area contributed by atoms with E-state index in [2.05, 4.69) is 55.0 Å². The van der Waals surface area contributed by atoms with Crippen LogP contribution in [0.25, 0.3) is 0 Å². The summed E-state index contributed by atoms with van der Waals surface area (Å²) in [4.78, 5) is 0. The van der Waals surface area contributed by atoms with Gasteiger partial charge in [-0.05, 0) is 79.4 Å². The zero-order valence-electron chi connectivity index (χ0n) is 19.8. The van der Waals surface area contributed by atoms with Crippen molar-refractivity contribution in [1.82, 2.24) is 0 Å². The van der Waals surface area contributed by atoms with E-state index in [-0.39, 0.29) is 0 Å². The highest BCUT2D eigenvalue weighted by Crippen LogP contribution is 2.45. The SMILES string of the molecule is C=C(CC)B(C[C@H]1C[C@H](C)CC[C@H]1C(C)C)C[C@H]1C[C@H](C)CC[C@H]1C(C)C. The Labute approximate surface area is 172 Å². The van der Waals surface area contributed by atoms with Crippen LogP contribution in [0.1, 0.15) is 93.4 Å². The first-order valence-corrected chi connectivity index (χ1v) is 12.4. The molecule has 2 saturated carbocycles. The molecule has 0 amide bonds. The summed E-state index contributed by atoms with van der Waals surface area (Å²) in [5.41, 5.74) is 1.55. The molecule has 2 rings (SSSR count). The van der Waals surface area contributed by atoms with Crippen LogP contribution < -0.4 is 0 Å². The molecule has 2 aliphatic carbocycles. The first-order chi connectivity index (χ1) is 12.7. The van der Waals surface area contributed by atoms with E-state index >= 15 is 0 Å². The fourth-order valence-corrected chi connectivity index (χ4v) is 6.79. The second-order valence-electron chi connectivity index (χ2n) is 11.4. The molecule has 0 radical (unpaired) electrons. The molecule has 1 heteroatoms. The third kappa shape index (κ3) is 6.40. The molecule has 0 N–H and O–H groups in total. The van der Waals surface area contributed by atoms with Crippen LogP contribution in [0, 0.1) is 47.3 Å². The largest absolute Gasteiger partial charge is 0.170 e. The minimum atomic E-state index is 0.767. The smallest absolute Gasteiger partial charge is 0.109 e. The molecule has 2 aliphatic rings. The molecular weight excluding hydrogens is 323 g/mol. The van der Waals surface area contributed by atoms with Crippen LogP contribution in [0.15, 0.2) is 12.1 Å². The predicted octanol–water partition coefficient (Wildman–Crippen LogP) is 8.40. The van der Waals surface area contributed by atoms with Gasteiger partial charge in [-0.2, -0.15) is 0 Å². The van der Waals surface area contributed by atoms with Crippen molar-refractivity contribution in [3.63, 3.8) is 0 Å². The van der Waals surface area contributed by atoms with E-state index in [0.29, 0.717) is 0 Å². The predicted molar refractivity (Wildman–Crippen MR) is 124 cm³/mol. The summed E-state index contributed by atoms with van der Waals surface area (Å²) in [7, 11) is 0. The maximum atomic E-state index is 4.58. The lowest BCUT2D eigenvalue weighted by atomic mass is 9.34. The van der Waals surface area contributed by atoms with Crippen LogP contribution in [0.4, 0.5) is 0 Å². The first-order valence-electron chi connectivity index (χ1n) is 12.4. The highest BCUT2D eigenvalue weighted by molar-refractivity contribution is 6.66. The Bertz CT molecular complexity index is 417. The van der Waals surface area contributed by atoms with Crippen LogP contribution in [0.3, 0.4) is 0 Å². The maximum Gasteiger partial charge on any atom is 0.170 e. The average Bonchev–Trinajstić information content (AvgIpc) is 2.60. The number of rotatable bonds is 8. The van der Waals surface area contributed by atoms with Crippen molar-refractivity contribution in [3.05, 3.63) is 12.1 Å². The van der Waals surface area contributed by atoms with Crippen molar-refractivity contribution in [3.8, 4) is 0 Å². The molecule has 0 aromatic carbocycles. The van der Waals surface area contributed by atoms with Gasteiger partial charge in [0.2, 0.25) is 0 Å². The van der Waals surface area contributed by atoms with E-state index in [1.807, 2.05) is 0 Å². The second-order valence-corrected chi connectivity index (χ2v) is 11.4. The van der Waals surface area contributed by atoms with E-state index in [1.165, 1.54) is 57.6 Å². The zero-order valence-corrected chi connectivity index (χ0v) is 19.8. The topological polar surface area (TPSA) is 0 Å². The normalized spacial score (nSPS) is 34.9. The number of hydrogen-bond donors (Lipinski definition) is 0. The molecule has 0 saturated heterocycles. The van der Waals surface area contributed by atoms with Gasteiger partial charge in [-0.3, -0.25) is 0 Å². The Morgan fingerprint density at radius 1 is 0.815 bits per heavy atom. The summed E-state index contributed by atoms with van der Waals surface area (Å²) in [6.45, 7) is 22.5. The summed E-state index contributed by atoms with van der Waals surface area (Å²) in [5, 5.41) is 0. The van der Waals surface area contributed by atoms with Gasteiger partial charge in [-0.25, -0.2) is 0 Å². The Morgan fingerprint density at radius 3 is 1.56 bits per heavy atom. The van der Waals surface area contributed by atoms with Crippen LogP contribution in [0.5, 0.6) is 0 Å². The summed E-state index contributed by atoms with van der Waals surface area (Å²) in [6, 6.07) is 0. The zero-order chi connectivity index (χ0) is 20.1. The third-order valence-electron chi connectivity index (χ3n) is 8.53. The summed E-state index contributed by atoms with van der Waals surface area (Å²) < 4.78 is 0. The van der Waals surface area contributed by atoms with Gasteiger partial charge in [-0.1, -0.05) is 73.9 Å². The molecule has 2 fully saturated rings. The van der Waals surface area contributed by atoms with Crippen molar-refractivity contribution in [1.29, 1.82) is 0 Å². The van der Waals surface area contributed by atoms with Gasteiger partial charge in [0, 0.05) is 0 Å². The van der Waals surface area contributed by atoms with Gasteiger partial charge in [0.25, 0.3) is 0 Å². The van der Waals surface area contributed by atoms with Crippen molar-refractivity contribution in [2.45, 2.75) is 106 Å². The van der Waals surface area contributed by atoms with Gasteiger partial charge in [0.05, 0.1) is 0 Å². The van der Waals surface area contributed by atoms with Crippen LogP contribution in [-0.2, 0) is 0 Å². The standard InChI is InChI=1S/C26H49B/c1-9-22(8)27(16-23-14-20(6)10-12-25(23)18(2)3)17-24-15-21(7)11-13-26(24)19(4)5/h18-21,23-26H,8-17H2,1-7H3/t20-,21-,23-,24-,25+,26+/m1/s1. The fraction of sp³-hybridized carbons (Fsp3) is 0.923. The lowest BCUT2D eigenvalue weighted by molar-refractivity contribution is 0.151. The lowest BCUT2D eigenvalue weighted by Gasteiger charge is -2.42. The maximum absolute atomic E-state index is 4.58. The minimum absolute atomic E-state index is 0.767. The molecule has 0 heterocycles. The molecule has 0 nitrogen and oxygen atoms in total. The molecule has 0 bridgehead atoms. The van der Waals surface area contributed by atoms with E-state index in [4.69, 9.17) is 0 Å². The van der Waals surface area contributed by atoms with Crippen molar-refractivity contribution >= 4 is 6.71 Å². The first kappa shape index (κ1) is 23.1. The minimum Gasteiger partial charge on any atom is -0.109 e. The summed E-state index contributed by atoms with van der Waals surface area (Å²) in [5.74, 6) is 7.30. The Hall–Kier alpha value is -0.195. The van der Waals surface area contributed by atoms with E-state index in [0.717, 1.165) is 54.1 Å². The molecule has 0 aliphatic heterocycles. The van der Waals surface area contributed by atoms with Crippen molar-refractivity contribution in [2.75, 3.05) is 0 Å². The van der Waals surface area contributed by atoms with Gasteiger partial charge in [0.1, 0.15) is 0 Å². The summed E-state index contributed by atoms with van der Waals surface area (Å²) in [6.07, 6.45) is 12.8. The van der Waals surface area contributed by atoms with Gasteiger partial charge in [-0.15, -0.1) is 12.1 Å². The third-order valence-corrected chi connectivity index (χ3v) is 8.53. The van der Waals surface area contributed by atoms with E-state index in [9.17, 15) is 0 Å². The number of hydrogen-bond acceptors (Lipinski definition) is 0. The molecular formula is C26H49B. The van der Waals surface area contributed by atoms with Gasteiger partial charge < -0.3 is 0 Å². The second kappa shape index (κ2) is 10.5. The molecule has 0 unspecified atom stereocenters. The Morgan fingerprint density at radius 2 is 1.22 bits per heavy atom. The van der Waals surface area contributed by atoms with Crippen molar-refractivity contribution in [2.24, 2.45) is 47.3 Å². The average molecular weight is 372 g/mol. The van der Waals surface area contributed by atoms with Crippen molar-refractivity contribution < 1.29 is 0 Å². The Balaban J connectivity index is 2.12. The van der Waals surface area contributed by atoms with Gasteiger partial charge in [0.15, 0.2) is 6.71 Å². The highest BCUT2D eigenvalue weighted by atomic mass is 14.4.